The molecule has 0 saturated carbocycles. The zero-order valence-electron chi connectivity index (χ0n) is 30.8. The molecule has 0 N–H and O–H groups in total. The summed E-state index contributed by atoms with van der Waals surface area (Å²) in [6, 6.07) is 69.2. The molecular formula is C52H34N4S. The molecule has 0 amide bonds. The fraction of sp³-hybridized carbons (Fsp3) is 0. The monoisotopic (exact) mass is 746 g/mol. The van der Waals surface area contributed by atoms with Gasteiger partial charge in [-0.2, -0.15) is 0 Å². The van der Waals surface area contributed by atoms with Gasteiger partial charge in [-0.05, 0) is 75.1 Å². The molecule has 0 radical (unpaired) electrons. The van der Waals surface area contributed by atoms with Crippen LogP contribution in [-0.2, 0) is 0 Å². The number of rotatable bonds is 7. The Morgan fingerprint density at radius 3 is 1.47 bits per heavy atom. The van der Waals surface area contributed by atoms with Gasteiger partial charge in [-0.25, -0.2) is 19.9 Å². The summed E-state index contributed by atoms with van der Waals surface area (Å²) in [6.45, 7) is 0. The van der Waals surface area contributed by atoms with E-state index in [9.17, 15) is 0 Å². The molecule has 0 aliphatic rings. The Balaban J connectivity index is 1.22. The third kappa shape index (κ3) is 6.86. The lowest BCUT2D eigenvalue weighted by Gasteiger charge is -2.15. The molecule has 2 heterocycles. The van der Waals surface area contributed by atoms with Crippen molar-refractivity contribution in [2.45, 2.75) is 4.90 Å². The first-order chi connectivity index (χ1) is 28.1. The fourth-order valence-corrected chi connectivity index (χ4v) is 7.77. The minimum absolute atomic E-state index is 0.610. The molecule has 0 bridgehead atoms. The van der Waals surface area contributed by atoms with Gasteiger partial charge in [0.25, 0.3) is 0 Å². The maximum absolute atomic E-state index is 5.25. The summed E-state index contributed by atoms with van der Waals surface area (Å²) in [5.41, 5.74) is 11.1. The number of hydrogen-bond acceptors (Lipinski definition) is 5. The average Bonchev–Trinajstić information content (AvgIpc) is 3.29. The van der Waals surface area contributed by atoms with Gasteiger partial charge < -0.3 is 0 Å². The van der Waals surface area contributed by atoms with E-state index in [1.165, 1.54) is 21.5 Å². The Hall–Kier alpha value is -7.21. The number of hydrogen-bond donors (Lipinski definition) is 1. The molecule has 0 aliphatic carbocycles. The summed E-state index contributed by atoms with van der Waals surface area (Å²) in [4.78, 5) is 21.7. The molecule has 268 valence electrons. The van der Waals surface area contributed by atoms with Gasteiger partial charge in [-0.1, -0.05) is 158 Å². The molecule has 57 heavy (non-hydrogen) atoms. The Kier molecular flexibility index (Phi) is 8.90. The number of nitrogens with zero attached hydrogens (tertiary/aromatic N) is 4. The van der Waals surface area contributed by atoms with Crippen LogP contribution in [0.4, 0.5) is 0 Å². The molecule has 0 saturated heterocycles. The molecule has 0 fully saturated rings. The highest BCUT2D eigenvalue weighted by molar-refractivity contribution is 7.80. The number of fused-ring (bicyclic) bond motifs is 3. The van der Waals surface area contributed by atoms with Gasteiger partial charge in [0.2, 0.25) is 0 Å². The quantitative estimate of drug-likeness (QED) is 0.130. The van der Waals surface area contributed by atoms with E-state index in [-0.39, 0.29) is 0 Å². The van der Waals surface area contributed by atoms with Crippen molar-refractivity contribution in [2.75, 3.05) is 0 Å². The van der Waals surface area contributed by atoms with Gasteiger partial charge in [0.05, 0.1) is 22.8 Å². The lowest BCUT2D eigenvalue weighted by molar-refractivity contribution is 1.17. The highest BCUT2D eigenvalue weighted by Gasteiger charge is 2.17. The van der Waals surface area contributed by atoms with Gasteiger partial charge >= 0.3 is 0 Å². The summed E-state index contributed by atoms with van der Waals surface area (Å²) < 4.78 is 0. The first-order valence-corrected chi connectivity index (χ1v) is 19.4. The summed E-state index contributed by atoms with van der Waals surface area (Å²) in [7, 11) is 0. The van der Waals surface area contributed by atoms with Crippen molar-refractivity contribution in [3.63, 3.8) is 0 Å². The van der Waals surface area contributed by atoms with E-state index in [2.05, 4.69) is 127 Å². The molecule has 10 rings (SSSR count). The smallest absolute Gasteiger partial charge is 0.160 e. The summed E-state index contributed by atoms with van der Waals surface area (Å²) in [5.74, 6) is 1.27. The Morgan fingerprint density at radius 2 is 0.772 bits per heavy atom. The van der Waals surface area contributed by atoms with Crippen LogP contribution in [-0.4, -0.2) is 19.9 Å². The van der Waals surface area contributed by atoms with Crippen molar-refractivity contribution < 1.29 is 0 Å². The SMILES string of the molecule is Sc1ccccc1-c1cc(-c2ccccc2)nc(-c2cc(-c3ccc4c(ccc5ccccc54)c3)cc(-c3cc(-c4ccccc4)nc(-c4ccccc4)n3)c2)n1. The van der Waals surface area contributed by atoms with Crippen LogP contribution in [0.1, 0.15) is 0 Å². The van der Waals surface area contributed by atoms with Crippen molar-refractivity contribution in [3.05, 3.63) is 200 Å². The highest BCUT2D eigenvalue weighted by Crippen LogP contribution is 2.37. The van der Waals surface area contributed by atoms with E-state index in [1.54, 1.807) is 0 Å². The molecule has 4 nitrogen and oxygen atoms in total. The van der Waals surface area contributed by atoms with E-state index in [4.69, 9.17) is 32.6 Å². The largest absolute Gasteiger partial charge is 0.228 e. The van der Waals surface area contributed by atoms with Gasteiger partial charge in [0, 0.05) is 38.3 Å². The normalized spacial score (nSPS) is 11.2. The minimum Gasteiger partial charge on any atom is -0.228 e. The zero-order valence-corrected chi connectivity index (χ0v) is 31.7. The van der Waals surface area contributed by atoms with E-state index in [0.717, 1.165) is 72.2 Å². The van der Waals surface area contributed by atoms with E-state index < -0.39 is 0 Å². The van der Waals surface area contributed by atoms with Crippen molar-refractivity contribution >= 4 is 34.2 Å². The van der Waals surface area contributed by atoms with Gasteiger partial charge in [-0.15, -0.1) is 12.6 Å². The summed E-state index contributed by atoms with van der Waals surface area (Å²) >= 11 is 4.84. The van der Waals surface area contributed by atoms with Crippen LogP contribution < -0.4 is 0 Å². The zero-order chi connectivity index (χ0) is 38.1. The van der Waals surface area contributed by atoms with Crippen LogP contribution in [0.15, 0.2) is 205 Å². The molecule has 2 aromatic heterocycles. The van der Waals surface area contributed by atoms with Crippen molar-refractivity contribution in [2.24, 2.45) is 0 Å². The lowest BCUT2D eigenvalue weighted by atomic mass is 9.94. The van der Waals surface area contributed by atoms with Crippen LogP contribution in [0, 0.1) is 0 Å². The second-order valence-electron chi connectivity index (χ2n) is 14.1. The molecule has 0 spiro atoms. The molecule has 0 aliphatic heterocycles. The minimum atomic E-state index is 0.610. The summed E-state index contributed by atoms with van der Waals surface area (Å²) in [5, 5.41) is 4.86. The van der Waals surface area contributed by atoms with Crippen LogP contribution in [0.5, 0.6) is 0 Å². The Bertz CT molecular complexity index is 3020. The van der Waals surface area contributed by atoms with Gasteiger partial charge in [0.1, 0.15) is 0 Å². The first-order valence-electron chi connectivity index (χ1n) is 18.9. The van der Waals surface area contributed by atoms with Crippen molar-refractivity contribution in [1.29, 1.82) is 0 Å². The third-order valence-electron chi connectivity index (χ3n) is 10.4. The van der Waals surface area contributed by atoms with Gasteiger partial charge in [0.15, 0.2) is 11.6 Å². The second kappa shape index (κ2) is 14.8. The second-order valence-corrected chi connectivity index (χ2v) is 14.5. The highest BCUT2D eigenvalue weighted by atomic mass is 32.1. The molecule has 10 aromatic rings. The van der Waals surface area contributed by atoms with E-state index in [0.29, 0.717) is 11.6 Å². The molecular weight excluding hydrogens is 713 g/mol. The number of thiol groups is 1. The molecule has 8 aromatic carbocycles. The molecule has 5 heteroatoms. The number of aromatic nitrogens is 4. The summed E-state index contributed by atoms with van der Waals surface area (Å²) in [6.07, 6.45) is 0. The topological polar surface area (TPSA) is 51.6 Å². The molecule has 0 atom stereocenters. The lowest BCUT2D eigenvalue weighted by Crippen LogP contribution is -1.99. The Labute approximate surface area is 336 Å². The predicted molar refractivity (Wildman–Crippen MR) is 238 cm³/mol. The van der Waals surface area contributed by atoms with Gasteiger partial charge in [-0.3, -0.25) is 0 Å². The standard InChI is InChI=1S/C52H34N4S/c57-50-23-13-12-22-45(50)49-33-47(36-17-6-2-7-18-36)54-52(56-49)42-30-40(38-26-27-44-39(28-38)25-24-34-14-10-11-21-43(34)44)29-41(31-42)48-32-46(35-15-4-1-5-16-35)53-51(55-48)37-19-8-3-9-20-37/h1-33,57H. The van der Waals surface area contributed by atoms with E-state index in [1.807, 2.05) is 72.8 Å². The van der Waals surface area contributed by atoms with E-state index >= 15 is 0 Å². The third-order valence-corrected chi connectivity index (χ3v) is 10.8. The predicted octanol–water partition coefficient (Wildman–Crippen LogP) is 13.5. The first kappa shape index (κ1) is 34.3. The maximum atomic E-state index is 5.25. The maximum Gasteiger partial charge on any atom is 0.160 e. The van der Waals surface area contributed by atoms with Crippen LogP contribution >= 0.6 is 12.6 Å². The molecule has 0 unspecified atom stereocenters. The number of benzene rings is 8. The fourth-order valence-electron chi connectivity index (χ4n) is 7.49. The van der Waals surface area contributed by atoms with Crippen molar-refractivity contribution in [1.82, 2.24) is 19.9 Å². The average molecular weight is 747 g/mol. The van der Waals surface area contributed by atoms with Crippen LogP contribution in [0.25, 0.3) is 100 Å². The van der Waals surface area contributed by atoms with Crippen LogP contribution in [0.3, 0.4) is 0 Å². The van der Waals surface area contributed by atoms with Crippen LogP contribution in [0.2, 0.25) is 0 Å². The Morgan fingerprint density at radius 1 is 0.281 bits per heavy atom. The van der Waals surface area contributed by atoms with Crippen molar-refractivity contribution in [3.8, 4) is 78.9 Å².